The van der Waals surface area contributed by atoms with Crippen molar-refractivity contribution in [1.29, 1.82) is 0 Å². The van der Waals surface area contributed by atoms with Crippen LogP contribution in [0.5, 0.6) is 0 Å². The molecule has 0 spiro atoms. The molecule has 2 rings (SSSR count). The number of carboxylic acids is 1. The predicted octanol–water partition coefficient (Wildman–Crippen LogP) is 3.30. The van der Waals surface area contributed by atoms with Gasteiger partial charge in [0.25, 0.3) is 0 Å². The summed E-state index contributed by atoms with van der Waals surface area (Å²) in [7, 11) is 0. The Balaban J connectivity index is 2.45. The Hall–Kier alpha value is -2.63. The summed E-state index contributed by atoms with van der Waals surface area (Å²) in [4.78, 5) is 10.8. The maximum absolute atomic E-state index is 13.7. The molecular weight excluding hydrogens is 266 g/mol. The third kappa shape index (κ3) is 2.54. The zero-order chi connectivity index (χ0) is 14.9. The van der Waals surface area contributed by atoms with Crippen LogP contribution in [0.4, 0.5) is 25.8 Å². The summed E-state index contributed by atoms with van der Waals surface area (Å²) in [6.07, 6.45) is 0. The number of hydrogen-bond acceptors (Lipinski definition) is 3. The number of nitrogens with one attached hydrogen (secondary N) is 1. The molecule has 0 unspecified atom stereocenters. The minimum absolute atomic E-state index is 0.0199. The number of carboxylic acid groups (broad SMARTS) is 1. The van der Waals surface area contributed by atoms with Gasteiger partial charge in [0.05, 0.1) is 22.6 Å². The first-order valence-corrected chi connectivity index (χ1v) is 5.74. The van der Waals surface area contributed by atoms with E-state index in [4.69, 9.17) is 10.8 Å². The van der Waals surface area contributed by atoms with Gasteiger partial charge in [-0.15, -0.1) is 0 Å². The molecule has 0 fully saturated rings. The first-order chi connectivity index (χ1) is 9.40. The molecule has 2 aromatic carbocycles. The van der Waals surface area contributed by atoms with Crippen molar-refractivity contribution in [2.45, 2.75) is 6.92 Å². The number of para-hydroxylation sites is 1. The molecule has 2 aromatic rings. The molecule has 4 nitrogen and oxygen atoms in total. The Bertz CT molecular complexity index is 667. The van der Waals surface area contributed by atoms with E-state index in [1.807, 2.05) is 0 Å². The molecular formula is C14H12F2N2O2. The van der Waals surface area contributed by atoms with Gasteiger partial charge in [0.2, 0.25) is 0 Å². The minimum atomic E-state index is -1.41. The summed E-state index contributed by atoms with van der Waals surface area (Å²) in [6, 6.07) is 6.42. The molecule has 0 aliphatic rings. The van der Waals surface area contributed by atoms with Crippen molar-refractivity contribution in [2.24, 2.45) is 0 Å². The highest BCUT2D eigenvalue weighted by atomic mass is 19.1. The van der Waals surface area contributed by atoms with Crippen molar-refractivity contribution >= 4 is 23.0 Å². The van der Waals surface area contributed by atoms with E-state index < -0.39 is 23.2 Å². The molecule has 0 saturated carbocycles. The van der Waals surface area contributed by atoms with Crippen LogP contribution in [0.1, 0.15) is 15.9 Å². The van der Waals surface area contributed by atoms with E-state index in [0.717, 1.165) is 12.1 Å². The molecule has 0 amide bonds. The average molecular weight is 278 g/mol. The number of halogens is 2. The third-order valence-corrected chi connectivity index (χ3v) is 2.85. The van der Waals surface area contributed by atoms with Gasteiger partial charge in [-0.05, 0) is 24.6 Å². The molecule has 0 aliphatic carbocycles. The lowest BCUT2D eigenvalue weighted by Gasteiger charge is -2.13. The van der Waals surface area contributed by atoms with Crippen molar-refractivity contribution < 1.29 is 18.7 Å². The Morgan fingerprint density at radius 3 is 2.55 bits per heavy atom. The summed E-state index contributed by atoms with van der Waals surface area (Å²) in [5.41, 5.74) is 6.05. The summed E-state index contributed by atoms with van der Waals surface area (Å²) in [6.45, 7) is 1.68. The van der Waals surface area contributed by atoms with E-state index in [1.54, 1.807) is 19.1 Å². The summed E-state index contributed by atoms with van der Waals surface area (Å²) >= 11 is 0. The highest BCUT2D eigenvalue weighted by Gasteiger charge is 2.15. The van der Waals surface area contributed by atoms with Crippen LogP contribution in [-0.4, -0.2) is 11.1 Å². The molecule has 0 atom stereocenters. The molecule has 0 aromatic heterocycles. The highest BCUT2D eigenvalue weighted by Crippen LogP contribution is 2.29. The first kappa shape index (κ1) is 13.8. The van der Waals surface area contributed by atoms with Crippen LogP contribution >= 0.6 is 0 Å². The second kappa shape index (κ2) is 5.16. The number of hydrogen-bond donors (Lipinski definition) is 3. The van der Waals surface area contributed by atoms with E-state index >= 15 is 0 Å². The van der Waals surface area contributed by atoms with Gasteiger partial charge in [-0.1, -0.05) is 12.1 Å². The van der Waals surface area contributed by atoms with Gasteiger partial charge in [0.1, 0.15) is 11.6 Å². The zero-order valence-electron chi connectivity index (χ0n) is 10.6. The van der Waals surface area contributed by atoms with Gasteiger partial charge in [0, 0.05) is 6.07 Å². The maximum Gasteiger partial charge on any atom is 0.338 e. The molecule has 104 valence electrons. The Morgan fingerprint density at radius 1 is 1.25 bits per heavy atom. The number of nitrogen functional groups attached to an aromatic ring is 1. The van der Waals surface area contributed by atoms with Gasteiger partial charge >= 0.3 is 5.97 Å². The molecule has 4 N–H and O–H groups in total. The summed E-state index contributed by atoms with van der Waals surface area (Å²) in [5.74, 6) is -2.86. The first-order valence-electron chi connectivity index (χ1n) is 5.74. The van der Waals surface area contributed by atoms with Gasteiger partial charge in [-0.3, -0.25) is 0 Å². The number of nitrogens with two attached hydrogens (primary N) is 1. The number of aromatic carboxylic acids is 1. The van der Waals surface area contributed by atoms with Crippen molar-refractivity contribution in [2.75, 3.05) is 11.1 Å². The van der Waals surface area contributed by atoms with Crippen LogP contribution in [0.15, 0.2) is 30.3 Å². The Morgan fingerprint density at radius 2 is 1.95 bits per heavy atom. The van der Waals surface area contributed by atoms with Crippen LogP contribution < -0.4 is 11.1 Å². The molecule has 0 aliphatic heterocycles. The fraction of sp³-hybridized carbons (Fsp3) is 0.0714. The molecule has 0 radical (unpaired) electrons. The molecule has 6 heteroatoms. The Kier molecular flexibility index (Phi) is 3.56. The predicted molar refractivity (Wildman–Crippen MR) is 72.2 cm³/mol. The lowest BCUT2D eigenvalue weighted by Crippen LogP contribution is -2.06. The van der Waals surface area contributed by atoms with Gasteiger partial charge < -0.3 is 16.2 Å². The van der Waals surface area contributed by atoms with Crippen LogP contribution in [0.2, 0.25) is 0 Å². The smallest absolute Gasteiger partial charge is 0.338 e. The van der Waals surface area contributed by atoms with Crippen LogP contribution in [0, 0.1) is 18.6 Å². The Labute approximate surface area is 113 Å². The van der Waals surface area contributed by atoms with Crippen molar-refractivity contribution in [3.63, 3.8) is 0 Å². The largest absolute Gasteiger partial charge is 0.478 e. The van der Waals surface area contributed by atoms with E-state index in [0.29, 0.717) is 5.56 Å². The number of aryl methyl sites for hydroxylation is 1. The highest BCUT2D eigenvalue weighted by molar-refractivity contribution is 5.91. The van der Waals surface area contributed by atoms with Crippen molar-refractivity contribution in [3.8, 4) is 0 Å². The quantitative estimate of drug-likeness (QED) is 0.753. The molecule has 0 heterocycles. The number of rotatable bonds is 3. The van der Waals surface area contributed by atoms with Gasteiger partial charge in [-0.2, -0.15) is 0 Å². The number of carbonyl (C=O) groups is 1. The lowest BCUT2D eigenvalue weighted by atomic mass is 10.1. The van der Waals surface area contributed by atoms with Crippen LogP contribution in [-0.2, 0) is 0 Å². The van der Waals surface area contributed by atoms with Gasteiger partial charge in [-0.25, -0.2) is 13.6 Å². The molecule has 20 heavy (non-hydrogen) atoms. The third-order valence-electron chi connectivity index (χ3n) is 2.85. The second-order valence-electron chi connectivity index (χ2n) is 4.28. The van der Waals surface area contributed by atoms with E-state index in [2.05, 4.69) is 5.32 Å². The second-order valence-corrected chi connectivity index (χ2v) is 4.28. The normalized spacial score (nSPS) is 10.3. The fourth-order valence-corrected chi connectivity index (χ4v) is 1.79. The average Bonchev–Trinajstić information content (AvgIpc) is 2.37. The standard InChI is InChI=1S/C14H12F2N2O2/c1-7-3-2-4-9(15)13(7)18-12-6-10(16)8(14(19)20)5-11(12)17/h2-6,18H,17H2,1H3,(H,19,20). The van der Waals surface area contributed by atoms with E-state index in [-0.39, 0.29) is 17.1 Å². The molecule has 0 saturated heterocycles. The summed E-state index contributed by atoms with van der Waals surface area (Å²) < 4.78 is 27.3. The summed E-state index contributed by atoms with van der Waals surface area (Å²) in [5, 5.41) is 11.5. The van der Waals surface area contributed by atoms with Crippen molar-refractivity contribution in [1.82, 2.24) is 0 Å². The van der Waals surface area contributed by atoms with Gasteiger partial charge in [0.15, 0.2) is 0 Å². The van der Waals surface area contributed by atoms with E-state index in [9.17, 15) is 13.6 Å². The minimum Gasteiger partial charge on any atom is -0.478 e. The van der Waals surface area contributed by atoms with Crippen LogP contribution in [0.25, 0.3) is 0 Å². The van der Waals surface area contributed by atoms with Crippen LogP contribution in [0.3, 0.4) is 0 Å². The number of anilines is 3. The topological polar surface area (TPSA) is 75.3 Å². The zero-order valence-corrected chi connectivity index (χ0v) is 10.6. The maximum atomic E-state index is 13.7. The monoisotopic (exact) mass is 278 g/mol. The molecule has 0 bridgehead atoms. The SMILES string of the molecule is Cc1cccc(F)c1Nc1cc(F)c(C(=O)O)cc1N. The lowest BCUT2D eigenvalue weighted by molar-refractivity contribution is 0.0692. The van der Waals surface area contributed by atoms with Crippen molar-refractivity contribution in [3.05, 3.63) is 53.1 Å². The van der Waals surface area contributed by atoms with E-state index in [1.165, 1.54) is 6.07 Å². The number of benzene rings is 2. The fourth-order valence-electron chi connectivity index (χ4n) is 1.79.